The van der Waals surface area contributed by atoms with Crippen LogP contribution in [0.1, 0.15) is 17.5 Å². The molecule has 0 saturated carbocycles. The zero-order chi connectivity index (χ0) is 13.4. The van der Waals surface area contributed by atoms with Crippen molar-refractivity contribution >= 4 is 11.8 Å². The standard InChI is InChI=1S/C12H17N3O3/c1-4-7-18-9(2)8-14-10-5-6-13-11(15-10)12(16)17-3/h4-6,9H,1,7-8H2,2-3H3,(H,13,14,15). The number of rotatable bonds is 7. The van der Waals surface area contributed by atoms with E-state index in [1.807, 2.05) is 6.92 Å². The maximum atomic E-state index is 11.2. The van der Waals surface area contributed by atoms with Gasteiger partial charge in [-0.05, 0) is 13.0 Å². The van der Waals surface area contributed by atoms with Crippen LogP contribution < -0.4 is 5.32 Å². The summed E-state index contributed by atoms with van der Waals surface area (Å²) in [6.45, 7) is 6.58. The first-order valence-corrected chi connectivity index (χ1v) is 5.55. The molecule has 1 aromatic rings. The fourth-order valence-corrected chi connectivity index (χ4v) is 1.19. The molecule has 0 spiro atoms. The third kappa shape index (κ3) is 4.50. The van der Waals surface area contributed by atoms with Gasteiger partial charge < -0.3 is 14.8 Å². The summed E-state index contributed by atoms with van der Waals surface area (Å²) in [5.41, 5.74) is 0. The van der Waals surface area contributed by atoms with Gasteiger partial charge in [0, 0.05) is 12.7 Å². The topological polar surface area (TPSA) is 73.3 Å². The number of ether oxygens (including phenoxy) is 2. The summed E-state index contributed by atoms with van der Waals surface area (Å²) in [5.74, 6) is 0.0243. The molecule has 1 atom stereocenters. The van der Waals surface area contributed by atoms with Gasteiger partial charge in [0.15, 0.2) is 0 Å². The van der Waals surface area contributed by atoms with Crippen LogP contribution in [-0.4, -0.2) is 42.3 Å². The monoisotopic (exact) mass is 251 g/mol. The molecule has 1 N–H and O–H groups in total. The van der Waals surface area contributed by atoms with Crippen molar-refractivity contribution in [1.82, 2.24) is 9.97 Å². The average molecular weight is 251 g/mol. The van der Waals surface area contributed by atoms with Crippen molar-refractivity contribution in [3.05, 3.63) is 30.7 Å². The maximum absolute atomic E-state index is 11.2. The molecule has 6 nitrogen and oxygen atoms in total. The molecule has 1 aromatic heterocycles. The molecular weight excluding hydrogens is 234 g/mol. The molecule has 0 aromatic carbocycles. The second kappa shape index (κ2) is 7.39. The Balaban J connectivity index is 2.52. The van der Waals surface area contributed by atoms with E-state index in [1.165, 1.54) is 13.3 Å². The summed E-state index contributed by atoms with van der Waals surface area (Å²) < 4.78 is 9.94. The number of hydrogen-bond donors (Lipinski definition) is 1. The first-order valence-electron chi connectivity index (χ1n) is 5.55. The van der Waals surface area contributed by atoms with Gasteiger partial charge in [0.1, 0.15) is 5.82 Å². The summed E-state index contributed by atoms with van der Waals surface area (Å²) in [6, 6.07) is 1.67. The summed E-state index contributed by atoms with van der Waals surface area (Å²) >= 11 is 0. The van der Waals surface area contributed by atoms with E-state index in [0.29, 0.717) is 19.0 Å². The number of esters is 1. The van der Waals surface area contributed by atoms with E-state index < -0.39 is 5.97 Å². The van der Waals surface area contributed by atoms with Crippen molar-refractivity contribution in [3.8, 4) is 0 Å². The number of anilines is 1. The number of nitrogens with zero attached hydrogens (tertiary/aromatic N) is 2. The van der Waals surface area contributed by atoms with E-state index >= 15 is 0 Å². The van der Waals surface area contributed by atoms with Crippen molar-refractivity contribution in [2.24, 2.45) is 0 Å². The molecule has 0 aliphatic heterocycles. The van der Waals surface area contributed by atoms with E-state index in [9.17, 15) is 4.79 Å². The normalized spacial score (nSPS) is 11.7. The molecule has 0 saturated heterocycles. The molecule has 6 heteroatoms. The van der Waals surface area contributed by atoms with Gasteiger partial charge in [-0.3, -0.25) is 0 Å². The van der Waals surface area contributed by atoms with Gasteiger partial charge in [-0.1, -0.05) is 6.08 Å². The lowest BCUT2D eigenvalue weighted by Gasteiger charge is -2.13. The number of nitrogens with one attached hydrogen (secondary N) is 1. The Labute approximate surface area is 106 Å². The van der Waals surface area contributed by atoms with Gasteiger partial charge in [0.2, 0.25) is 5.82 Å². The van der Waals surface area contributed by atoms with Crippen LogP contribution in [0.5, 0.6) is 0 Å². The molecule has 0 bridgehead atoms. The number of carbonyl (C=O) groups is 1. The van der Waals surface area contributed by atoms with Crippen LogP contribution in [0.4, 0.5) is 5.82 Å². The van der Waals surface area contributed by atoms with Crippen LogP contribution in [0.2, 0.25) is 0 Å². The average Bonchev–Trinajstić information content (AvgIpc) is 2.42. The molecule has 98 valence electrons. The van der Waals surface area contributed by atoms with Crippen molar-refractivity contribution in [1.29, 1.82) is 0 Å². The fraction of sp³-hybridized carbons (Fsp3) is 0.417. The molecule has 1 unspecified atom stereocenters. The van der Waals surface area contributed by atoms with Crippen LogP contribution in [0, 0.1) is 0 Å². The number of aromatic nitrogens is 2. The number of methoxy groups -OCH3 is 1. The molecule has 1 rings (SSSR count). The van der Waals surface area contributed by atoms with Crippen molar-refractivity contribution in [3.63, 3.8) is 0 Å². The lowest BCUT2D eigenvalue weighted by molar-refractivity contribution is 0.0587. The summed E-state index contributed by atoms with van der Waals surface area (Å²) in [6.07, 6.45) is 3.20. The second-order valence-electron chi connectivity index (χ2n) is 3.57. The Morgan fingerprint density at radius 1 is 1.67 bits per heavy atom. The minimum Gasteiger partial charge on any atom is -0.463 e. The van der Waals surface area contributed by atoms with E-state index in [2.05, 4.69) is 26.6 Å². The highest BCUT2D eigenvalue weighted by atomic mass is 16.5. The summed E-state index contributed by atoms with van der Waals surface area (Å²) in [7, 11) is 1.29. The fourth-order valence-electron chi connectivity index (χ4n) is 1.19. The SMILES string of the molecule is C=CCOC(C)CNc1ccnc(C(=O)OC)n1. The first kappa shape index (κ1) is 14.1. The van der Waals surface area contributed by atoms with Gasteiger partial charge in [0.05, 0.1) is 19.8 Å². The zero-order valence-corrected chi connectivity index (χ0v) is 10.5. The molecule has 0 amide bonds. The van der Waals surface area contributed by atoms with Crippen LogP contribution in [0.15, 0.2) is 24.9 Å². The van der Waals surface area contributed by atoms with Crippen molar-refractivity contribution < 1.29 is 14.3 Å². The lowest BCUT2D eigenvalue weighted by Crippen LogP contribution is -2.21. The molecule has 0 fully saturated rings. The largest absolute Gasteiger partial charge is 0.463 e. The van der Waals surface area contributed by atoms with E-state index in [-0.39, 0.29) is 11.9 Å². The maximum Gasteiger partial charge on any atom is 0.376 e. The van der Waals surface area contributed by atoms with Crippen LogP contribution in [0.25, 0.3) is 0 Å². The molecule has 0 aliphatic rings. The Kier molecular flexibility index (Phi) is 5.79. The minimum absolute atomic E-state index is 0.0135. The highest BCUT2D eigenvalue weighted by molar-refractivity contribution is 5.85. The highest BCUT2D eigenvalue weighted by Gasteiger charge is 2.09. The van der Waals surface area contributed by atoms with Gasteiger partial charge in [-0.2, -0.15) is 0 Å². The first-order chi connectivity index (χ1) is 8.67. The van der Waals surface area contributed by atoms with Crippen molar-refractivity contribution in [2.45, 2.75) is 13.0 Å². The van der Waals surface area contributed by atoms with Crippen molar-refractivity contribution in [2.75, 3.05) is 25.6 Å². The molecule has 0 aliphatic carbocycles. The van der Waals surface area contributed by atoms with E-state index in [0.717, 1.165) is 0 Å². The van der Waals surface area contributed by atoms with Gasteiger partial charge in [-0.15, -0.1) is 6.58 Å². The third-order valence-electron chi connectivity index (χ3n) is 2.09. The minimum atomic E-state index is -0.561. The van der Waals surface area contributed by atoms with Crippen LogP contribution in [-0.2, 0) is 9.47 Å². The highest BCUT2D eigenvalue weighted by Crippen LogP contribution is 2.03. The molecular formula is C12H17N3O3. The van der Waals surface area contributed by atoms with E-state index in [1.54, 1.807) is 12.1 Å². The Morgan fingerprint density at radius 3 is 3.11 bits per heavy atom. The smallest absolute Gasteiger partial charge is 0.376 e. The predicted octanol–water partition coefficient (Wildman–Crippen LogP) is 1.27. The number of carbonyl (C=O) groups excluding carboxylic acids is 1. The lowest BCUT2D eigenvalue weighted by atomic mass is 10.4. The Morgan fingerprint density at radius 2 is 2.44 bits per heavy atom. The van der Waals surface area contributed by atoms with Gasteiger partial charge >= 0.3 is 5.97 Å². The number of hydrogen-bond acceptors (Lipinski definition) is 6. The molecule has 18 heavy (non-hydrogen) atoms. The molecule has 1 heterocycles. The zero-order valence-electron chi connectivity index (χ0n) is 10.5. The Hall–Kier alpha value is -1.95. The third-order valence-corrected chi connectivity index (χ3v) is 2.09. The van der Waals surface area contributed by atoms with Crippen LogP contribution >= 0.6 is 0 Å². The second-order valence-corrected chi connectivity index (χ2v) is 3.57. The van der Waals surface area contributed by atoms with Gasteiger partial charge in [-0.25, -0.2) is 14.8 Å². The van der Waals surface area contributed by atoms with Crippen LogP contribution in [0.3, 0.4) is 0 Å². The summed E-state index contributed by atoms with van der Waals surface area (Å²) in [4.78, 5) is 19.1. The Bertz CT molecular complexity index is 409. The van der Waals surface area contributed by atoms with Gasteiger partial charge in [0.25, 0.3) is 0 Å². The summed E-state index contributed by atoms with van der Waals surface area (Å²) in [5, 5.41) is 3.05. The predicted molar refractivity (Wildman–Crippen MR) is 67.5 cm³/mol. The quantitative estimate of drug-likeness (QED) is 0.581. The van der Waals surface area contributed by atoms with E-state index in [4.69, 9.17) is 4.74 Å². The molecule has 0 radical (unpaired) electrons.